The molecule has 4 rings (SSSR count). The lowest BCUT2D eigenvalue weighted by Gasteiger charge is -2.32. The molecule has 1 heterocycles. The minimum atomic E-state index is -3.45. The molecule has 31 heavy (non-hydrogen) atoms. The molecule has 1 aliphatic carbocycles. The Kier molecular flexibility index (Phi) is 6.30. The molecule has 5 nitrogen and oxygen atoms in total. The third-order valence-corrected chi connectivity index (χ3v) is 8.36. The second kappa shape index (κ2) is 8.97. The molecule has 6 heteroatoms. The van der Waals surface area contributed by atoms with E-state index < -0.39 is 10.0 Å². The van der Waals surface area contributed by atoms with Crippen LogP contribution in [0.15, 0.2) is 52.9 Å². The predicted octanol–water partition coefficient (Wildman–Crippen LogP) is 4.46. The highest BCUT2D eigenvalue weighted by Gasteiger charge is 2.31. The number of methoxy groups -OCH3 is 1. The molecule has 0 spiro atoms. The normalized spacial score (nSPS) is 18.1. The highest BCUT2D eigenvalue weighted by molar-refractivity contribution is 7.89. The Morgan fingerprint density at radius 3 is 2.42 bits per heavy atom. The molecule has 0 atom stereocenters. The number of carbonyl (C=O) groups is 1. The number of hydrogen-bond acceptors (Lipinski definition) is 4. The second-order valence-corrected chi connectivity index (χ2v) is 10.4. The van der Waals surface area contributed by atoms with Crippen LogP contribution in [0.1, 0.15) is 53.9 Å². The fourth-order valence-electron chi connectivity index (χ4n) is 4.70. The van der Waals surface area contributed by atoms with Crippen LogP contribution < -0.4 is 0 Å². The van der Waals surface area contributed by atoms with Crippen LogP contribution in [0, 0.1) is 6.92 Å². The quantitative estimate of drug-likeness (QED) is 0.660. The van der Waals surface area contributed by atoms with E-state index in [9.17, 15) is 13.2 Å². The molecule has 1 saturated heterocycles. The first-order valence-corrected chi connectivity index (χ1v) is 12.3. The van der Waals surface area contributed by atoms with Gasteiger partial charge in [-0.2, -0.15) is 4.31 Å². The summed E-state index contributed by atoms with van der Waals surface area (Å²) in [5, 5.41) is 0. The van der Waals surface area contributed by atoms with Crippen LogP contribution >= 0.6 is 0 Å². The maximum Gasteiger partial charge on any atom is 0.333 e. The molecule has 1 aliphatic heterocycles. The predicted molar refractivity (Wildman–Crippen MR) is 121 cm³/mol. The molecular formula is C25H29NO4S. The summed E-state index contributed by atoms with van der Waals surface area (Å²) in [6.07, 6.45) is 6.11. The number of hydrogen-bond donors (Lipinski definition) is 0. The molecule has 0 N–H and O–H groups in total. The first-order valence-electron chi connectivity index (χ1n) is 10.9. The summed E-state index contributed by atoms with van der Waals surface area (Å²) in [4.78, 5) is 12.4. The molecule has 0 aromatic heterocycles. The van der Waals surface area contributed by atoms with E-state index in [1.807, 2.05) is 31.2 Å². The number of aryl methyl sites for hydroxylation is 1. The van der Waals surface area contributed by atoms with Gasteiger partial charge in [0.05, 0.1) is 12.0 Å². The van der Waals surface area contributed by atoms with E-state index >= 15 is 0 Å². The number of benzene rings is 2. The SMILES string of the molecule is COC(=O)C1=Cc2cccc(C3CCN(S(=O)(=O)c4ccc(C)cc4)CC3)c2CCC1. The Morgan fingerprint density at radius 1 is 1.03 bits per heavy atom. The summed E-state index contributed by atoms with van der Waals surface area (Å²) >= 11 is 0. The van der Waals surface area contributed by atoms with Crippen molar-refractivity contribution in [2.75, 3.05) is 20.2 Å². The monoisotopic (exact) mass is 439 g/mol. The van der Waals surface area contributed by atoms with E-state index in [1.54, 1.807) is 16.4 Å². The third kappa shape index (κ3) is 4.46. The molecule has 0 amide bonds. The zero-order valence-corrected chi connectivity index (χ0v) is 19.0. The van der Waals surface area contributed by atoms with Gasteiger partial charge < -0.3 is 4.74 Å². The topological polar surface area (TPSA) is 63.7 Å². The van der Waals surface area contributed by atoms with Gasteiger partial charge in [0.1, 0.15) is 0 Å². The number of fused-ring (bicyclic) bond motifs is 1. The molecular weight excluding hydrogens is 410 g/mol. The van der Waals surface area contributed by atoms with Gasteiger partial charge in [0, 0.05) is 18.7 Å². The minimum Gasteiger partial charge on any atom is -0.466 e. The molecule has 2 aliphatic rings. The van der Waals surface area contributed by atoms with Crippen molar-refractivity contribution >= 4 is 22.1 Å². The zero-order chi connectivity index (χ0) is 22.0. The fourth-order valence-corrected chi connectivity index (χ4v) is 6.17. The maximum absolute atomic E-state index is 13.0. The van der Waals surface area contributed by atoms with Gasteiger partial charge >= 0.3 is 5.97 Å². The van der Waals surface area contributed by atoms with Gasteiger partial charge in [-0.1, -0.05) is 35.9 Å². The van der Waals surface area contributed by atoms with Gasteiger partial charge in [-0.25, -0.2) is 13.2 Å². The van der Waals surface area contributed by atoms with E-state index in [-0.39, 0.29) is 5.97 Å². The van der Waals surface area contributed by atoms with Gasteiger partial charge in [-0.15, -0.1) is 0 Å². The average molecular weight is 440 g/mol. The largest absolute Gasteiger partial charge is 0.466 e. The van der Waals surface area contributed by atoms with E-state index in [1.165, 1.54) is 18.2 Å². The van der Waals surface area contributed by atoms with Crippen molar-refractivity contribution in [3.63, 3.8) is 0 Å². The summed E-state index contributed by atoms with van der Waals surface area (Å²) in [5.74, 6) is 0.0698. The van der Waals surface area contributed by atoms with E-state index in [0.29, 0.717) is 30.3 Å². The Morgan fingerprint density at radius 2 is 1.74 bits per heavy atom. The smallest absolute Gasteiger partial charge is 0.333 e. The number of sulfonamides is 1. The van der Waals surface area contributed by atoms with Crippen LogP contribution in [-0.4, -0.2) is 38.9 Å². The van der Waals surface area contributed by atoms with E-state index in [2.05, 4.69) is 12.1 Å². The van der Waals surface area contributed by atoms with E-state index in [0.717, 1.165) is 42.4 Å². The molecule has 2 aromatic rings. The van der Waals surface area contributed by atoms with Crippen LogP contribution in [-0.2, 0) is 26.0 Å². The Labute approximate surface area is 184 Å². The molecule has 0 radical (unpaired) electrons. The Hall–Kier alpha value is -2.44. The van der Waals surface area contributed by atoms with Crippen molar-refractivity contribution < 1.29 is 17.9 Å². The van der Waals surface area contributed by atoms with Crippen molar-refractivity contribution in [2.24, 2.45) is 0 Å². The van der Waals surface area contributed by atoms with Gasteiger partial charge in [0.25, 0.3) is 0 Å². The standard InChI is InChI=1S/C25H29NO4S/c1-18-9-11-22(12-10-18)31(28,29)26-15-13-19(14-16-26)23-7-3-5-20-17-21(25(27)30-2)6-4-8-24(20)23/h3,5,7,9-12,17,19H,4,6,8,13-16H2,1-2H3. The maximum atomic E-state index is 13.0. The first-order chi connectivity index (χ1) is 14.9. The number of esters is 1. The Balaban J connectivity index is 1.53. The van der Waals surface area contributed by atoms with Crippen molar-refractivity contribution in [3.8, 4) is 0 Å². The Bertz CT molecular complexity index is 1090. The van der Waals surface area contributed by atoms with Crippen molar-refractivity contribution in [1.82, 2.24) is 4.31 Å². The molecule has 0 bridgehead atoms. The zero-order valence-electron chi connectivity index (χ0n) is 18.1. The van der Waals surface area contributed by atoms with Crippen LogP contribution in [0.2, 0.25) is 0 Å². The van der Waals surface area contributed by atoms with Crippen LogP contribution in [0.3, 0.4) is 0 Å². The second-order valence-electron chi connectivity index (χ2n) is 8.42. The van der Waals surface area contributed by atoms with Gasteiger partial charge in [0.2, 0.25) is 10.0 Å². The van der Waals surface area contributed by atoms with Gasteiger partial charge in [-0.3, -0.25) is 0 Å². The van der Waals surface area contributed by atoms with Crippen LogP contribution in [0.4, 0.5) is 0 Å². The summed E-state index contributed by atoms with van der Waals surface area (Å²) in [6, 6.07) is 13.3. The molecule has 0 saturated carbocycles. The summed E-state index contributed by atoms with van der Waals surface area (Å²) in [5.41, 5.74) is 5.45. The lowest BCUT2D eigenvalue weighted by atomic mass is 9.84. The van der Waals surface area contributed by atoms with Crippen molar-refractivity contribution in [1.29, 1.82) is 0 Å². The number of rotatable bonds is 4. The van der Waals surface area contributed by atoms with Crippen LogP contribution in [0.25, 0.3) is 6.08 Å². The molecule has 164 valence electrons. The highest BCUT2D eigenvalue weighted by Crippen LogP contribution is 2.36. The van der Waals surface area contributed by atoms with Gasteiger partial charge in [0.15, 0.2) is 0 Å². The number of ether oxygens (including phenoxy) is 1. The molecule has 0 unspecified atom stereocenters. The highest BCUT2D eigenvalue weighted by atomic mass is 32.2. The fraction of sp³-hybridized carbons (Fsp3) is 0.400. The van der Waals surface area contributed by atoms with E-state index in [4.69, 9.17) is 4.74 Å². The summed E-state index contributed by atoms with van der Waals surface area (Å²) in [6.45, 7) is 3.00. The average Bonchev–Trinajstić information content (AvgIpc) is 3.01. The van der Waals surface area contributed by atoms with Crippen molar-refractivity contribution in [3.05, 3.63) is 70.3 Å². The van der Waals surface area contributed by atoms with Gasteiger partial charge in [-0.05, 0) is 79.8 Å². The number of carbonyl (C=O) groups excluding carboxylic acids is 1. The first kappa shape index (κ1) is 21.8. The third-order valence-electron chi connectivity index (χ3n) is 6.45. The lowest BCUT2D eigenvalue weighted by Crippen LogP contribution is -2.38. The molecule has 1 fully saturated rings. The van der Waals surface area contributed by atoms with Crippen LogP contribution in [0.5, 0.6) is 0 Å². The minimum absolute atomic E-state index is 0.257. The molecule has 2 aromatic carbocycles. The van der Waals surface area contributed by atoms with Crippen molar-refractivity contribution in [2.45, 2.75) is 49.8 Å². The summed E-state index contributed by atoms with van der Waals surface area (Å²) < 4.78 is 32.6. The summed E-state index contributed by atoms with van der Waals surface area (Å²) in [7, 11) is -2.03. The number of piperidine rings is 1. The lowest BCUT2D eigenvalue weighted by molar-refractivity contribution is -0.136. The number of nitrogens with zero attached hydrogens (tertiary/aromatic N) is 1.